The van der Waals surface area contributed by atoms with Crippen molar-refractivity contribution in [1.29, 1.82) is 0 Å². The molecule has 0 unspecified atom stereocenters. The van der Waals surface area contributed by atoms with Crippen molar-refractivity contribution in [3.8, 4) is 11.1 Å². The van der Waals surface area contributed by atoms with E-state index in [1.165, 1.54) is 0 Å². The summed E-state index contributed by atoms with van der Waals surface area (Å²) in [4.78, 5) is 19.8. The van der Waals surface area contributed by atoms with Crippen molar-refractivity contribution in [2.75, 3.05) is 0 Å². The Kier molecular flexibility index (Phi) is 6.92. The number of carboxylic acids is 1. The monoisotopic (exact) mass is 494 g/mol. The first kappa shape index (κ1) is 22.1. The molecule has 0 aliphatic heterocycles. The standard InChI is InChI=1S/C24H23BrN4O3/c1-2-19-3-5-22-24(17-11-18(25)13-27-12-17)20(4-6-23(30)31)21(28-29(19)22)15-32-14-16-7-9-26-10-8-16/h3,5,7-13H,2,4,6,14-15H2,1H3,(H,30,31). The second-order valence-electron chi connectivity index (χ2n) is 7.41. The molecule has 0 amide bonds. The van der Waals surface area contributed by atoms with Crippen LogP contribution >= 0.6 is 15.9 Å². The van der Waals surface area contributed by atoms with E-state index in [4.69, 9.17) is 9.84 Å². The summed E-state index contributed by atoms with van der Waals surface area (Å²) in [5.41, 5.74) is 6.47. The van der Waals surface area contributed by atoms with Gasteiger partial charge in [0.2, 0.25) is 0 Å². The number of hydrogen-bond donors (Lipinski definition) is 1. The maximum absolute atomic E-state index is 11.4. The number of carboxylic acid groups (broad SMARTS) is 1. The maximum Gasteiger partial charge on any atom is 0.303 e. The molecule has 0 saturated carbocycles. The average molecular weight is 495 g/mol. The lowest BCUT2D eigenvalue weighted by atomic mass is 9.96. The Labute approximate surface area is 194 Å². The zero-order valence-electron chi connectivity index (χ0n) is 17.7. The van der Waals surface area contributed by atoms with E-state index in [1.807, 2.05) is 28.8 Å². The van der Waals surface area contributed by atoms with Crippen LogP contribution in [0.15, 0.2) is 59.6 Å². The van der Waals surface area contributed by atoms with Gasteiger partial charge < -0.3 is 9.84 Å². The first-order chi connectivity index (χ1) is 15.6. The Balaban J connectivity index is 1.82. The van der Waals surface area contributed by atoms with E-state index in [1.54, 1.807) is 24.8 Å². The van der Waals surface area contributed by atoms with Gasteiger partial charge >= 0.3 is 5.97 Å². The van der Waals surface area contributed by atoms with Gasteiger partial charge in [0.05, 0.1) is 24.4 Å². The summed E-state index contributed by atoms with van der Waals surface area (Å²) in [6.07, 6.45) is 8.16. The van der Waals surface area contributed by atoms with Crippen LogP contribution in [-0.4, -0.2) is 30.7 Å². The molecule has 0 aromatic carbocycles. The maximum atomic E-state index is 11.4. The molecule has 4 aromatic heterocycles. The number of aryl methyl sites for hydroxylation is 1. The summed E-state index contributed by atoms with van der Waals surface area (Å²) >= 11 is 3.51. The predicted octanol–water partition coefficient (Wildman–Crippen LogP) is 4.85. The van der Waals surface area contributed by atoms with Crippen LogP contribution in [0.5, 0.6) is 0 Å². The quantitative estimate of drug-likeness (QED) is 0.357. The zero-order valence-corrected chi connectivity index (χ0v) is 19.2. The molecule has 0 atom stereocenters. The highest BCUT2D eigenvalue weighted by molar-refractivity contribution is 9.10. The lowest BCUT2D eigenvalue weighted by Gasteiger charge is -2.17. The average Bonchev–Trinajstić information content (AvgIpc) is 3.20. The minimum Gasteiger partial charge on any atom is -0.481 e. The molecular weight excluding hydrogens is 472 g/mol. The summed E-state index contributed by atoms with van der Waals surface area (Å²) in [6.45, 7) is 2.77. The summed E-state index contributed by atoms with van der Waals surface area (Å²) in [7, 11) is 0. The second kappa shape index (κ2) is 10.0. The first-order valence-corrected chi connectivity index (χ1v) is 11.2. The molecule has 32 heavy (non-hydrogen) atoms. The summed E-state index contributed by atoms with van der Waals surface area (Å²) in [5.74, 6) is -0.850. The molecule has 0 bridgehead atoms. The van der Waals surface area contributed by atoms with E-state index in [-0.39, 0.29) is 13.0 Å². The number of ether oxygens (including phenoxy) is 1. The van der Waals surface area contributed by atoms with Gasteiger partial charge in [0, 0.05) is 52.5 Å². The minimum absolute atomic E-state index is 0.00494. The first-order valence-electron chi connectivity index (χ1n) is 10.4. The van der Waals surface area contributed by atoms with E-state index in [0.717, 1.165) is 50.1 Å². The van der Waals surface area contributed by atoms with Gasteiger partial charge in [0.15, 0.2) is 0 Å². The molecule has 0 saturated heterocycles. The zero-order chi connectivity index (χ0) is 22.5. The number of halogens is 1. The highest BCUT2D eigenvalue weighted by Gasteiger charge is 2.20. The SMILES string of the molecule is CCc1ccc2c(-c3cncc(Br)c3)c(CCC(=O)O)c(COCc3ccncc3)nn12. The number of fused-ring (bicyclic) bond motifs is 1. The van der Waals surface area contributed by atoms with Gasteiger partial charge in [0.1, 0.15) is 0 Å². The predicted molar refractivity (Wildman–Crippen MR) is 124 cm³/mol. The second-order valence-corrected chi connectivity index (χ2v) is 8.33. The third-order valence-electron chi connectivity index (χ3n) is 5.26. The fourth-order valence-electron chi connectivity index (χ4n) is 3.76. The molecule has 4 rings (SSSR count). The van der Waals surface area contributed by atoms with Gasteiger partial charge in [-0.15, -0.1) is 0 Å². The molecule has 0 radical (unpaired) electrons. The van der Waals surface area contributed by atoms with Crippen LogP contribution in [0.1, 0.15) is 35.9 Å². The molecule has 0 aliphatic rings. The summed E-state index contributed by atoms with van der Waals surface area (Å²) < 4.78 is 8.78. The van der Waals surface area contributed by atoms with E-state index in [0.29, 0.717) is 13.0 Å². The lowest BCUT2D eigenvalue weighted by Crippen LogP contribution is -2.11. The number of aromatic nitrogens is 4. The van der Waals surface area contributed by atoms with Crippen LogP contribution in [0, 0.1) is 0 Å². The Morgan fingerprint density at radius 3 is 2.66 bits per heavy atom. The molecular formula is C24H23BrN4O3. The number of pyridine rings is 2. The van der Waals surface area contributed by atoms with Gasteiger partial charge in [-0.2, -0.15) is 5.10 Å². The topological polar surface area (TPSA) is 89.6 Å². The minimum atomic E-state index is -0.850. The summed E-state index contributed by atoms with van der Waals surface area (Å²) in [5, 5.41) is 14.2. The molecule has 164 valence electrons. The van der Waals surface area contributed by atoms with Gasteiger partial charge in [-0.05, 0) is 70.2 Å². The Morgan fingerprint density at radius 2 is 1.94 bits per heavy atom. The largest absolute Gasteiger partial charge is 0.481 e. The fraction of sp³-hybridized carbons (Fsp3) is 0.250. The third kappa shape index (κ3) is 4.87. The van der Waals surface area contributed by atoms with Crippen molar-refractivity contribution in [1.82, 2.24) is 19.6 Å². The number of nitrogens with zero attached hydrogens (tertiary/aromatic N) is 4. The highest BCUT2D eigenvalue weighted by Crippen LogP contribution is 2.33. The molecule has 7 nitrogen and oxygen atoms in total. The third-order valence-corrected chi connectivity index (χ3v) is 5.70. The molecule has 4 aromatic rings. The van der Waals surface area contributed by atoms with Crippen LogP contribution in [-0.2, 0) is 35.6 Å². The number of hydrogen-bond acceptors (Lipinski definition) is 5. The van der Waals surface area contributed by atoms with Crippen LogP contribution < -0.4 is 0 Å². The van der Waals surface area contributed by atoms with Gasteiger partial charge in [-0.1, -0.05) is 6.92 Å². The number of carbonyl (C=O) groups is 1. The van der Waals surface area contributed by atoms with E-state index in [2.05, 4.69) is 38.9 Å². The van der Waals surface area contributed by atoms with Crippen LogP contribution in [0.3, 0.4) is 0 Å². The van der Waals surface area contributed by atoms with Gasteiger partial charge in [0.25, 0.3) is 0 Å². The Morgan fingerprint density at radius 1 is 1.12 bits per heavy atom. The van der Waals surface area contributed by atoms with Crippen molar-refractivity contribution in [2.45, 2.75) is 39.4 Å². The molecule has 8 heteroatoms. The van der Waals surface area contributed by atoms with Crippen molar-refractivity contribution in [3.63, 3.8) is 0 Å². The van der Waals surface area contributed by atoms with E-state index < -0.39 is 5.97 Å². The molecule has 0 spiro atoms. The normalized spacial score (nSPS) is 11.2. The summed E-state index contributed by atoms with van der Waals surface area (Å²) in [6, 6.07) is 9.89. The number of aliphatic carboxylic acids is 1. The fourth-order valence-corrected chi connectivity index (χ4v) is 4.12. The Hall–Kier alpha value is -3.10. The van der Waals surface area contributed by atoms with Crippen molar-refractivity contribution in [3.05, 3.63) is 82.1 Å². The van der Waals surface area contributed by atoms with E-state index in [9.17, 15) is 9.90 Å². The van der Waals surface area contributed by atoms with Crippen molar-refractivity contribution >= 4 is 27.4 Å². The highest BCUT2D eigenvalue weighted by atomic mass is 79.9. The lowest BCUT2D eigenvalue weighted by molar-refractivity contribution is -0.136. The molecule has 0 fully saturated rings. The van der Waals surface area contributed by atoms with Crippen LogP contribution in [0.25, 0.3) is 16.6 Å². The van der Waals surface area contributed by atoms with Crippen LogP contribution in [0.2, 0.25) is 0 Å². The van der Waals surface area contributed by atoms with Gasteiger partial charge in [-0.25, -0.2) is 4.52 Å². The molecule has 1 N–H and O–H groups in total. The van der Waals surface area contributed by atoms with Crippen molar-refractivity contribution in [2.24, 2.45) is 0 Å². The molecule has 0 aliphatic carbocycles. The van der Waals surface area contributed by atoms with Gasteiger partial charge in [-0.3, -0.25) is 14.8 Å². The molecule has 4 heterocycles. The van der Waals surface area contributed by atoms with Crippen molar-refractivity contribution < 1.29 is 14.6 Å². The van der Waals surface area contributed by atoms with Crippen LogP contribution in [0.4, 0.5) is 0 Å². The van der Waals surface area contributed by atoms with E-state index >= 15 is 0 Å². The Bertz CT molecular complexity index is 1240. The number of rotatable bonds is 9. The smallest absolute Gasteiger partial charge is 0.303 e.